The zero-order valence-corrected chi connectivity index (χ0v) is 16.6. The van der Waals surface area contributed by atoms with Crippen LogP contribution in [0, 0.1) is 5.82 Å². The molecule has 1 fully saturated rings. The van der Waals surface area contributed by atoms with E-state index in [1.165, 1.54) is 22.4 Å². The van der Waals surface area contributed by atoms with Crippen molar-refractivity contribution in [3.63, 3.8) is 0 Å². The minimum atomic E-state index is -0.210. The van der Waals surface area contributed by atoms with Crippen LogP contribution in [0.15, 0.2) is 66.7 Å². The maximum Gasteiger partial charge on any atom is 0.236 e. The van der Waals surface area contributed by atoms with Crippen LogP contribution in [0.1, 0.15) is 18.5 Å². The van der Waals surface area contributed by atoms with E-state index in [-0.39, 0.29) is 17.8 Å². The third kappa shape index (κ3) is 4.25. The lowest BCUT2D eigenvalue weighted by molar-refractivity contribution is -0.130. The minimum absolute atomic E-state index is 0.0738. The molecule has 1 aliphatic heterocycles. The molecule has 150 valence electrons. The largest absolute Gasteiger partial charge is 0.366 e. The fourth-order valence-electron chi connectivity index (χ4n) is 4.00. The van der Waals surface area contributed by atoms with E-state index >= 15 is 0 Å². The average Bonchev–Trinajstić information content (AvgIpc) is 2.77. The summed E-state index contributed by atoms with van der Waals surface area (Å²) in [6.07, 6.45) is 0. The highest BCUT2D eigenvalue weighted by atomic mass is 19.1. The van der Waals surface area contributed by atoms with Gasteiger partial charge in [-0.3, -0.25) is 4.79 Å². The Hall–Kier alpha value is -2.92. The molecule has 0 aliphatic carbocycles. The lowest BCUT2D eigenvalue weighted by atomic mass is 10.00. The van der Waals surface area contributed by atoms with Crippen LogP contribution in [0.25, 0.3) is 10.8 Å². The second-order valence-electron chi connectivity index (χ2n) is 7.49. The van der Waals surface area contributed by atoms with Crippen molar-refractivity contribution in [2.75, 3.05) is 37.6 Å². The van der Waals surface area contributed by atoms with Gasteiger partial charge in [0.25, 0.3) is 0 Å². The summed E-state index contributed by atoms with van der Waals surface area (Å²) in [5.74, 6) is -0.122. The number of hydrogen-bond donors (Lipinski definition) is 1. The van der Waals surface area contributed by atoms with Crippen LogP contribution in [0.2, 0.25) is 0 Å². The van der Waals surface area contributed by atoms with Gasteiger partial charge in [-0.15, -0.1) is 0 Å². The number of fused-ring (bicyclic) bond motifs is 1. The van der Waals surface area contributed by atoms with Crippen LogP contribution in [0.4, 0.5) is 10.1 Å². The summed E-state index contributed by atoms with van der Waals surface area (Å²) in [5.41, 5.74) is 1.81. The number of para-hydroxylation sites is 1. The van der Waals surface area contributed by atoms with Gasteiger partial charge in [0.05, 0.1) is 12.2 Å². The first-order valence-corrected chi connectivity index (χ1v) is 10.1. The van der Waals surface area contributed by atoms with Crippen molar-refractivity contribution in [1.82, 2.24) is 10.2 Å². The fourth-order valence-corrected chi connectivity index (χ4v) is 4.00. The number of carbonyl (C=O) groups excluding carboxylic acids is 1. The number of carbonyl (C=O) groups is 1. The normalized spacial score (nSPS) is 15.5. The monoisotopic (exact) mass is 391 g/mol. The van der Waals surface area contributed by atoms with Gasteiger partial charge >= 0.3 is 0 Å². The van der Waals surface area contributed by atoms with Gasteiger partial charge in [-0.05, 0) is 35.4 Å². The predicted molar refractivity (Wildman–Crippen MR) is 116 cm³/mol. The molecule has 0 radical (unpaired) electrons. The van der Waals surface area contributed by atoms with Crippen molar-refractivity contribution < 1.29 is 9.18 Å². The standard InChI is InChI=1S/C24H26FN3O/c1-18(20-10-6-8-19-7-2-3-9-21(19)20)26-17-24(29)28-15-13-27(14-16-28)23-12-5-4-11-22(23)25/h2-12,18,26H,13-17H2,1H3/t18-/m1/s1. The molecular weight excluding hydrogens is 365 g/mol. The topological polar surface area (TPSA) is 35.6 Å². The van der Waals surface area contributed by atoms with Gasteiger partial charge in [0.1, 0.15) is 5.82 Å². The summed E-state index contributed by atoms with van der Waals surface area (Å²) in [4.78, 5) is 16.5. The molecule has 5 heteroatoms. The second kappa shape index (κ2) is 8.62. The Balaban J connectivity index is 1.33. The number of halogens is 1. The lowest BCUT2D eigenvalue weighted by Crippen LogP contribution is -2.51. The van der Waals surface area contributed by atoms with Crippen LogP contribution >= 0.6 is 0 Å². The molecule has 0 aromatic heterocycles. The van der Waals surface area contributed by atoms with E-state index < -0.39 is 0 Å². The highest BCUT2D eigenvalue weighted by molar-refractivity contribution is 5.86. The highest BCUT2D eigenvalue weighted by Crippen LogP contribution is 2.24. The number of anilines is 1. The smallest absolute Gasteiger partial charge is 0.236 e. The van der Waals surface area contributed by atoms with Gasteiger partial charge in [-0.25, -0.2) is 4.39 Å². The summed E-state index contributed by atoms with van der Waals surface area (Å²) in [6.45, 7) is 4.89. The van der Waals surface area contributed by atoms with Crippen molar-refractivity contribution in [3.8, 4) is 0 Å². The Morgan fingerprint density at radius 1 is 0.966 bits per heavy atom. The van der Waals surface area contributed by atoms with Crippen molar-refractivity contribution >= 4 is 22.4 Å². The third-order valence-electron chi connectivity index (χ3n) is 5.67. The summed E-state index contributed by atoms with van der Waals surface area (Å²) in [7, 11) is 0. The predicted octanol–water partition coefficient (Wildman–Crippen LogP) is 3.98. The van der Waals surface area contributed by atoms with Crippen LogP contribution < -0.4 is 10.2 Å². The van der Waals surface area contributed by atoms with Crippen LogP contribution in [-0.2, 0) is 4.79 Å². The summed E-state index contributed by atoms with van der Waals surface area (Å²) >= 11 is 0. The van der Waals surface area contributed by atoms with Crippen molar-refractivity contribution in [2.45, 2.75) is 13.0 Å². The van der Waals surface area contributed by atoms with E-state index in [0.717, 1.165) is 0 Å². The fraction of sp³-hybridized carbons (Fsp3) is 0.292. The van der Waals surface area contributed by atoms with Gasteiger partial charge in [-0.1, -0.05) is 54.6 Å². The molecular formula is C24H26FN3O. The van der Waals surface area contributed by atoms with Gasteiger partial charge < -0.3 is 15.1 Å². The Kier molecular flexibility index (Phi) is 5.76. The first kappa shape index (κ1) is 19.4. The van der Waals surface area contributed by atoms with E-state index in [9.17, 15) is 9.18 Å². The number of nitrogens with one attached hydrogen (secondary N) is 1. The van der Waals surface area contributed by atoms with Crippen molar-refractivity contribution in [1.29, 1.82) is 0 Å². The summed E-state index contributed by atoms with van der Waals surface area (Å²) < 4.78 is 14.0. The Morgan fingerprint density at radius 3 is 2.45 bits per heavy atom. The molecule has 3 aromatic carbocycles. The zero-order valence-electron chi connectivity index (χ0n) is 16.6. The second-order valence-corrected chi connectivity index (χ2v) is 7.49. The highest BCUT2D eigenvalue weighted by Gasteiger charge is 2.23. The van der Waals surface area contributed by atoms with E-state index in [2.05, 4.69) is 42.6 Å². The van der Waals surface area contributed by atoms with Crippen LogP contribution in [-0.4, -0.2) is 43.5 Å². The molecule has 1 N–H and O–H groups in total. The van der Waals surface area contributed by atoms with Crippen molar-refractivity contribution in [3.05, 3.63) is 78.1 Å². The lowest BCUT2D eigenvalue weighted by Gasteiger charge is -2.36. The van der Waals surface area contributed by atoms with Gasteiger partial charge in [0.2, 0.25) is 5.91 Å². The molecule has 0 unspecified atom stereocenters. The number of nitrogens with zero attached hydrogens (tertiary/aromatic N) is 2. The first-order chi connectivity index (χ1) is 14.1. The molecule has 4 rings (SSSR count). The van der Waals surface area contributed by atoms with Gasteiger partial charge in [-0.2, -0.15) is 0 Å². The van der Waals surface area contributed by atoms with Crippen LogP contribution in [0.5, 0.6) is 0 Å². The number of piperazine rings is 1. The quantitative estimate of drug-likeness (QED) is 0.715. The molecule has 3 aromatic rings. The third-order valence-corrected chi connectivity index (χ3v) is 5.67. The average molecular weight is 391 g/mol. The molecule has 1 saturated heterocycles. The molecule has 1 aliphatic rings. The molecule has 0 saturated carbocycles. The molecule has 0 bridgehead atoms. The first-order valence-electron chi connectivity index (χ1n) is 10.1. The number of hydrogen-bond acceptors (Lipinski definition) is 3. The number of benzene rings is 3. The van der Waals surface area contributed by atoms with Crippen molar-refractivity contribution in [2.24, 2.45) is 0 Å². The minimum Gasteiger partial charge on any atom is -0.366 e. The Bertz CT molecular complexity index is 993. The molecule has 0 spiro atoms. The molecule has 4 nitrogen and oxygen atoms in total. The van der Waals surface area contributed by atoms with E-state index in [1.54, 1.807) is 12.1 Å². The molecule has 1 heterocycles. The molecule has 1 atom stereocenters. The number of amides is 1. The molecule has 29 heavy (non-hydrogen) atoms. The van der Waals surface area contributed by atoms with E-state index in [1.807, 2.05) is 28.0 Å². The van der Waals surface area contributed by atoms with E-state index in [4.69, 9.17) is 0 Å². The van der Waals surface area contributed by atoms with Gasteiger partial charge in [0.15, 0.2) is 0 Å². The number of rotatable bonds is 5. The maximum atomic E-state index is 14.0. The SMILES string of the molecule is C[C@@H](NCC(=O)N1CCN(c2ccccc2F)CC1)c1cccc2ccccc12. The molecule has 1 amide bonds. The van der Waals surface area contributed by atoms with Gasteiger partial charge in [0, 0.05) is 32.2 Å². The maximum absolute atomic E-state index is 14.0. The Labute approximate surface area is 170 Å². The summed E-state index contributed by atoms with van der Waals surface area (Å²) in [5, 5.41) is 5.79. The Morgan fingerprint density at radius 2 is 1.66 bits per heavy atom. The van der Waals surface area contributed by atoms with E-state index in [0.29, 0.717) is 38.4 Å². The zero-order chi connectivity index (χ0) is 20.2. The summed E-state index contributed by atoms with van der Waals surface area (Å²) in [6, 6.07) is 21.4. The van der Waals surface area contributed by atoms with Crippen LogP contribution in [0.3, 0.4) is 0 Å².